The second-order valence-electron chi connectivity index (χ2n) is 3.45. The fourth-order valence-electron chi connectivity index (χ4n) is 1.41. The number of ether oxygens (including phenoxy) is 1. The average Bonchev–Trinajstić information content (AvgIpc) is 2.76. The van der Waals surface area contributed by atoms with Gasteiger partial charge >= 0.3 is 0 Å². The van der Waals surface area contributed by atoms with Crippen LogP contribution in [0.2, 0.25) is 0 Å². The summed E-state index contributed by atoms with van der Waals surface area (Å²) in [6.07, 6.45) is 0. The number of hydrogen-bond donors (Lipinski definition) is 1. The first-order valence-electron chi connectivity index (χ1n) is 5.06. The zero-order valence-electron chi connectivity index (χ0n) is 9.56. The Bertz CT molecular complexity index is 537. The van der Waals surface area contributed by atoms with E-state index >= 15 is 0 Å². The Morgan fingerprint density at radius 2 is 2.29 bits per heavy atom. The number of benzene rings is 1. The van der Waals surface area contributed by atoms with Gasteiger partial charge in [-0.15, -0.1) is 11.3 Å². The van der Waals surface area contributed by atoms with Crippen LogP contribution in [-0.4, -0.2) is 18.0 Å². The van der Waals surface area contributed by atoms with Crippen molar-refractivity contribution in [3.05, 3.63) is 40.3 Å². The number of carbonyl (C=O) groups excluding carboxylic acids is 1. The van der Waals surface area contributed by atoms with Gasteiger partial charge in [-0.1, -0.05) is 6.07 Å². The predicted molar refractivity (Wildman–Crippen MR) is 67.8 cm³/mol. The highest BCUT2D eigenvalue weighted by molar-refractivity contribution is 7.12. The molecule has 4 nitrogen and oxygen atoms in total. The van der Waals surface area contributed by atoms with Crippen LogP contribution in [0.5, 0.6) is 5.75 Å². The van der Waals surface area contributed by atoms with E-state index in [-0.39, 0.29) is 5.91 Å². The van der Waals surface area contributed by atoms with E-state index in [2.05, 4.69) is 10.3 Å². The summed E-state index contributed by atoms with van der Waals surface area (Å²) < 4.78 is 5.09. The number of anilines is 1. The van der Waals surface area contributed by atoms with Gasteiger partial charge in [-0.2, -0.15) is 0 Å². The Morgan fingerprint density at radius 1 is 1.47 bits per heavy atom. The maximum Gasteiger partial charge on any atom is 0.267 e. The molecule has 0 aliphatic rings. The molecule has 0 saturated carbocycles. The predicted octanol–water partition coefficient (Wildman–Crippen LogP) is 2.71. The van der Waals surface area contributed by atoms with E-state index in [0.29, 0.717) is 16.3 Å². The molecule has 0 unspecified atom stereocenters. The van der Waals surface area contributed by atoms with E-state index in [4.69, 9.17) is 4.74 Å². The lowest BCUT2D eigenvalue weighted by molar-refractivity contribution is 0.103. The van der Waals surface area contributed by atoms with Crippen molar-refractivity contribution in [3.8, 4) is 5.75 Å². The molecular formula is C12H12N2O2S. The van der Waals surface area contributed by atoms with Crippen LogP contribution < -0.4 is 10.1 Å². The van der Waals surface area contributed by atoms with Crippen molar-refractivity contribution in [2.24, 2.45) is 0 Å². The first kappa shape index (κ1) is 11.6. The number of thiazole rings is 1. The van der Waals surface area contributed by atoms with Crippen LogP contribution in [0, 0.1) is 6.92 Å². The molecular weight excluding hydrogens is 236 g/mol. The molecule has 88 valence electrons. The van der Waals surface area contributed by atoms with Gasteiger partial charge in [0.25, 0.3) is 5.91 Å². The Balaban J connectivity index is 2.16. The van der Waals surface area contributed by atoms with Crippen LogP contribution in [0.15, 0.2) is 29.8 Å². The van der Waals surface area contributed by atoms with Crippen LogP contribution in [0.1, 0.15) is 15.4 Å². The van der Waals surface area contributed by atoms with Crippen LogP contribution >= 0.6 is 11.3 Å². The molecule has 17 heavy (non-hydrogen) atoms. The van der Waals surface area contributed by atoms with Crippen molar-refractivity contribution >= 4 is 22.9 Å². The molecule has 0 aliphatic heterocycles. The van der Waals surface area contributed by atoms with Crippen LogP contribution in [0.4, 0.5) is 5.69 Å². The van der Waals surface area contributed by atoms with Crippen molar-refractivity contribution in [2.75, 3.05) is 12.4 Å². The summed E-state index contributed by atoms with van der Waals surface area (Å²) in [5.41, 5.74) is 3.12. The summed E-state index contributed by atoms with van der Waals surface area (Å²) in [4.78, 5) is 16.6. The molecule has 2 rings (SSSR count). The Kier molecular flexibility index (Phi) is 3.39. The van der Waals surface area contributed by atoms with Crippen LogP contribution in [0.3, 0.4) is 0 Å². The third kappa shape index (κ3) is 2.62. The molecule has 1 aromatic carbocycles. The fourth-order valence-corrected chi connectivity index (χ4v) is 2.11. The molecule has 0 aliphatic carbocycles. The highest BCUT2D eigenvalue weighted by Crippen LogP contribution is 2.19. The maximum absolute atomic E-state index is 11.9. The van der Waals surface area contributed by atoms with E-state index < -0.39 is 0 Å². The highest BCUT2D eigenvalue weighted by atomic mass is 32.1. The summed E-state index contributed by atoms with van der Waals surface area (Å²) in [5, 5.41) is 2.81. The molecule has 1 amide bonds. The van der Waals surface area contributed by atoms with Gasteiger partial charge in [0, 0.05) is 11.8 Å². The highest BCUT2D eigenvalue weighted by Gasteiger charge is 2.11. The minimum absolute atomic E-state index is 0.141. The third-order valence-corrected chi connectivity index (χ3v) is 3.21. The van der Waals surface area contributed by atoms with Gasteiger partial charge in [0.15, 0.2) is 0 Å². The standard InChI is InChI=1S/C12H12N2O2S/c1-8-11(17-7-13-8)12(15)14-9-4-3-5-10(6-9)16-2/h3-7H,1-2H3,(H,14,15). The lowest BCUT2D eigenvalue weighted by Crippen LogP contribution is -2.11. The van der Waals surface area contributed by atoms with E-state index in [1.807, 2.05) is 25.1 Å². The molecule has 0 fully saturated rings. The number of rotatable bonds is 3. The van der Waals surface area contributed by atoms with E-state index in [0.717, 1.165) is 5.69 Å². The monoisotopic (exact) mass is 248 g/mol. The van der Waals surface area contributed by atoms with Gasteiger partial charge in [-0.25, -0.2) is 4.98 Å². The smallest absolute Gasteiger partial charge is 0.267 e. The Labute approximate surface area is 103 Å². The Hall–Kier alpha value is -1.88. The fraction of sp³-hybridized carbons (Fsp3) is 0.167. The summed E-state index contributed by atoms with van der Waals surface area (Å²) >= 11 is 1.33. The van der Waals surface area contributed by atoms with Gasteiger partial charge in [-0.3, -0.25) is 4.79 Å². The first-order valence-corrected chi connectivity index (χ1v) is 5.94. The number of aryl methyl sites for hydroxylation is 1. The number of nitrogens with zero attached hydrogens (tertiary/aromatic N) is 1. The molecule has 1 aromatic heterocycles. The topological polar surface area (TPSA) is 51.2 Å². The quantitative estimate of drug-likeness (QED) is 0.908. The summed E-state index contributed by atoms with van der Waals surface area (Å²) in [6, 6.07) is 7.24. The Morgan fingerprint density at radius 3 is 2.94 bits per heavy atom. The number of nitrogens with one attached hydrogen (secondary N) is 1. The van der Waals surface area contributed by atoms with E-state index in [9.17, 15) is 4.79 Å². The maximum atomic E-state index is 11.9. The molecule has 0 bridgehead atoms. The molecule has 5 heteroatoms. The lowest BCUT2D eigenvalue weighted by Gasteiger charge is -2.05. The average molecular weight is 248 g/mol. The molecule has 0 atom stereocenters. The van der Waals surface area contributed by atoms with Crippen molar-refractivity contribution in [1.82, 2.24) is 4.98 Å². The minimum Gasteiger partial charge on any atom is -0.497 e. The number of amides is 1. The van der Waals surface area contributed by atoms with Crippen molar-refractivity contribution in [1.29, 1.82) is 0 Å². The summed E-state index contributed by atoms with van der Waals surface area (Å²) in [5.74, 6) is 0.571. The number of carbonyl (C=O) groups is 1. The molecule has 2 aromatic rings. The normalized spacial score (nSPS) is 10.0. The third-order valence-electron chi connectivity index (χ3n) is 2.28. The number of aromatic nitrogens is 1. The summed E-state index contributed by atoms with van der Waals surface area (Å²) in [6.45, 7) is 1.82. The van der Waals surface area contributed by atoms with Gasteiger partial charge in [0.1, 0.15) is 10.6 Å². The number of methoxy groups -OCH3 is 1. The second-order valence-corrected chi connectivity index (χ2v) is 4.31. The van der Waals surface area contributed by atoms with Gasteiger partial charge in [-0.05, 0) is 19.1 Å². The molecule has 0 saturated heterocycles. The molecule has 0 spiro atoms. The number of hydrogen-bond acceptors (Lipinski definition) is 4. The van der Waals surface area contributed by atoms with Crippen molar-refractivity contribution in [2.45, 2.75) is 6.92 Å². The lowest BCUT2D eigenvalue weighted by atomic mass is 10.3. The zero-order chi connectivity index (χ0) is 12.3. The zero-order valence-corrected chi connectivity index (χ0v) is 10.4. The van der Waals surface area contributed by atoms with E-state index in [1.54, 1.807) is 18.7 Å². The first-order chi connectivity index (χ1) is 8.20. The van der Waals surface area contributed by atoms with Gasteiger partial charge < -0.3 is 10.1 Å². The molecule has 1 heterocycles. The summed E-state index contributed by atoms with van der Waals surface area (Å²) in [7, 11) is 1.59. The van der Waals surface area contributed by atoms with Crippen LogP contribution in [-0.2, 0) is 0 Å². The SMILES string of the molecule is COc1cccc(NC(=O)c2scnc2C)c1. The molecule has 0 radical (unpaired) electrons. The second kappa shape index (κ2) is 4.97. The van der Waals surface area contributed by atoms with Crippen molar-refractivity contribution < 1.29 is 9.53 Å². The minimum atomic E-state index is -0.141. The van der Waals surface area contributed by atoms with Gasteiger partial charge in [0.2, 0.25) is 0 Å². The van der Waals surface area contributed by atoms with Crippen molar-refractivity contribution in [3.63, 3.8) is 0 Å². The largest absolute Gasteiger partial charge is 0.497 e. The van der Waals surface area contributed by atoms with Crippen LogP contribution in [0.25, 0.3) is 0 Å². The molecule has 1 N–H and O–H groups in total. The van der Waals surface area contributed by atoms with E-state index in [1.165, 1.54) is 11.3 Å². The van der Waals surface area contributed by atoms with Gasteiger partial charge in [0.05, 0.1) is 18.3 Å².